The molecule has 0 aliphatic carbocycles. The first-order valence-corrected chi connectivity index (χ1v) is 4.11. The van der Waals surface area contributed by atoms with Crippen LogP contribution in [0.1, 0.15) is 5.56 Å². The maximum atomic E-state index is 13.5. The van der Waals surface area contributed by atoms with Crippen LogP contribution in [0.5, 0.6) is 0 Å². The Kier molecular flexibility index (Phi) is 3.54. The number of nitro groups is 1. The van der Waals surface area contributed by atoms with Crippen LogP contribution < -0.4 is 5.32 Å². The molecule has 1 aromatic rings. The van der Waals surface area contributed by atoms with Gasteiger partial charge in [0.05, 0.1) is 10.6 Å². The molecule has 0 aliphatic heterocycles. The number of anilines is 1. The lowest BCUT2D eigenvalue weighted by Gasteiger charge is -2.03. The minimum absolute atomic E-state index is 0.0667. The highest BCUT2D eigenvalue weighted by Gasteiger charge is 2.08. The molecule has 0 aliphatic rings. The van der Waals surface area contributed by atoms with Gasteiger partial charge in [-0.2, -0.15) is 0 Å². The molecule has 0 saturated carbocycles. The van der Waals surface area contributed by atoms with Crippen LogP contribution in [0.4, 0.5) is 14.9 Å². The number of hydrogen-bond acceptors (Lipinski definition) is 3. The summed E-state index contributed by atoms with van der Waals surface area (Å²) < 4.78 is 13.5. The van der Waals surface area contributed by atoms with Crippen LogP contribution in [-0.2, 0) is 0 Å². The van der Waals surface area contributed by atoms with Gasteiger partial charge in [-0.1, -0.05) is 12.1 Å². The van der Waals surface area contributed by atoms with Gasteiger partial charge in [0.15, 0.2) is 5.82 Å². The van der Waals surface area contributed by atoms with Gasteiger partial charge in [0, 0.05) is 11.6 Å². The van der Waals surface area contributed by atoms with Crippen molar-refractivity contribution in [1.29, 1.82) is 0 Å². The van der Waals surface area contributed by atoms with Crippen molar-refractivity contribution in [2.24, 2.45) is 0 Å². The number of rotatable bonds is 3. The molecule has 0 fully saturated rings. The predicted molar refractivity (Wildman–Crippen MR) is 54.1 cm³/mol. The molecule has 0 radical (unpaired) electrons. The van der Waals surface area contributed by atoms with Gasteiger partial charge < -0.3 is 5.11 Å². The molecule has 2 N–H and O–H groups in total. The SMILES string of the molecule is O=C(O)Nc1cccc(/C=C/[N+](=O)[O-])c1F. The summed E-state index contributed by atoms with van der Waals surface area (Å²) in [6.45, 7) is 0. The average molecular weight is 226 g/mol. The van der Waals surface area contributed by atoms with Gasteiger partial charge in [0.1, 0.15) is 0 Å². The first-order valence-electron chi connectivity index (χ1n) is 4.11. The second-order valence-corrected chi connectivity index (χ2v) is 2.74. The highest BCUT2D eigenvalue weighted by atomic mass is 19.1. The van der Waals surface area contributed by atoms with Crippen LogP contribution in [0.15, 0.2) is 24.4 Å². The van der Waals surface area contributed by atoms with E-state index in [1.165, 1.54) is 18.2 Å². The lowest BCUT2D eigenvalue weighted by atomic mass is 10.2. The maximum absolute atomic E-state index is 13.5. The first kappa shape index (κ1) is 11.6. The summed E-state index contributed by atoms with van der Waals surface area (Å²) >= 11 is 0. The van der Waals surface area contributed by atoms with E-state index in [2.05, 4.69) is 0 Å². The van der Waals surface area contributed by atoms with E-state index in [9.17, 15) is 19.3 Å². The van der Waals surface area contributed by atoms with Crippen molar-refractivity contribution in [3.05, 3.63) is 45.9 Å². The summed E-state index contributed by atoms with van der Waals surface area (Å²) in [5, 5.41) is 20.3. The van der Waals surface area contributed by atoms with Gasteiger partial charge in [-0.05, 0) is 6.07 Å². The Morgan fingerprint density at radius 3 is 2.81 bits per heavy atom. The summed E-state index contributed by atoms with van der Waals surface area (Å²) in [5.74, 6) is -0.858. The largest absolute Gasteiger partial charge is 0.465 e. The fourth-order valence-corrected chi connectivity index (χ4v) is 1.03. The zero-order valence-electron chi connectivity index (χ0n) is 7.88. The van der Waals surface area contributed by atoms with Gasteiger partial charge in [-0.3, -0.25) is 15.4 Å². The second kappa shape index (κ2) is 4.87. The van der Waals surface area contributed by atoms with Crippen LogP contribution >= 0.6 is 0 Å². The van der Waals surface area contributed by atoms with Crippen LogP contribution in [0.25, 0.3) is 6.08 Å². The van der Waals surface area contributed by atoms with Crippen molar-refractivity contribution in [2.75, 3.05) is 5.32 Å². The van der Waals surface area contributed by atoms with Gasteiger partial charge in [-0.25, -0.2) is 9.18 Å². The zero-order chi connectivity index (χ0) is 12.1. The van der Waals surface area contributed by atoms with Crippen LogP contribution in [0.2, 0.25) is 0 Å². The molecule has 0 spiro atoms. The Labute approximate surface area is 89.2 Å². The van der Waals surface area contributed by atoms with E-state index in [1.54, 1.807) is 0 Å². The lowest BCUT2D eigenvalue weighted by molar-refractivity contribution is -0.400. The number of nitrogens with zero attached hydrogens (tertiary/aromatic N) is 1. The summed E-state index contributed by atoms with van der Waals surface area (Å²) in [5.41, 5.74) is -0.319. The Morgan fingerprint density at radius 2 is 2.25 bits per heavy atom. The molecule has 0 heterocycles. The van der Waals surface area contributed by atoms with Crippen molar-refractivity contribution in [3.63, 3.8) is 0 Å². The van der Waals surface area contributed by atoms with Crippen LogP contribution in [0.3, 0.4) is 0 Å². The molecule has 7 heteroatoms. The van der Waals surface area contributed by atoms with Crippen molar-refractivity contribution in [1.82, 2.24) is 0 Å². The maximum Gasteiger partial charge on any atom is 0.409 e. The molecule has 84 valence electrons. The summed E-state index contributed by atoms with van der Waals surface area (Å²) in [6.07, 6.45) is 0.111. The third-order valence-electron chi connectivity index (χ3n) is 1.65. The highest BCUT2D eigenvalue weighted by molar-refractivity contribution is 5.83. The van der Waals surface area contributed by atoms with E-state index in [4.69, 9.17) is 5.11 Å². The Bertz CT molecular complexity index is 459. The molecule has 0 bridgehead atoms. The number of hydrogen-bond donors (Lipinski definition) is 2. The van der Waals surface area contributed by atoms with Crippen LogP contribution in [0, 0.1) is 15.9 Å². The molecule has 16 heavy (non-hydrogen) atoms. The molecule has 0 atom stereocenters. The molecule has 1 aromatic carbocycles. The summed E-state index contributed by atoms with van der Waals surface area (Å²) in [4.78, 5) is 19.6. The van der Waals surface area contributed by atoms with Gasteiger partial charge in [0.25, 0.3) is 0 Å². The first-order chi connectivity index (χ1) is 7.50. The Balaban J connectivity index is 3.03. The molecule has 0 unspecified atom stereocenters. The van der Waals surface area contributed by atoms with Gasteiger partial charge >= 0.3 is 6.09 Å². The third-order valence-corrected chi connectivity index (χ3v) is 1.65. The van der Waals surface area contributed by atoms with Crippen molar-refractivity contribution < 1.29 is 19.2 Å². The van der Waals surface area contributed by atoms with Crippen molar-refractivity contribution >= 4 is 17.9 Å². The Hall–Kier alpha value is -2.44. The highest BCUT2D eigenvalue weighted by Crippen LogP contribution is 2.19. The zero-order valence-corrected chi connectivity index (χ0v) is 7.88. The molecule has 6 nitrogen and oxygen atoms in total. The smallest absolute Gasteiger partial charge is 0.409 e. The van der Waals surface area contributed by atoms with Crippen molar-refractivity contribution in [2.45, 2.75) is 0 Å². The number of carbonyl (C=O) groups is 1. The number of nitrogens with one attached hydrogen (secondary N) is 1. The molecule has 1 amide bonds. The van der Waals surface area contributed by atoms with E-state index in [0.29, 0.717) is 6.20 Å². The Morgan fingerprint density at radius 1 is 1.56 bits per heavy atom. The van der Waals surface area contributed by atoms with Gasteiger partial charge in [0.2, 0.25) is 6.20 Å². The average Bonchev–Trinajstić information content (AvgIpc) is 2.18. The topological polar surface area (TPSA) is 92.5 Å². The molecule has 0 aromatic heterocycles. The fraction of sp³-hybridized carbons (Fsp3) is 0. The molecule has 0 saturated heterocycles. The fourth-order valence-electron chi connectivity index (χ4n) is 1.03. The standard InChI is InChI=1S/C9H7FN2O4/c10-8-6(4-5-12(15)16)2-1-3-7(8)11-9(13)14/h1-5,11H,(H,13,14)/b5-4+. The summed E-state index contributed by atoms with van der Waals surface area (Å²) in [7, 11) is 0. The third kappa shape index (κ3) is 3.05. The quantitative estimate of drug-likeness (QED) is 0.610. The number of amides is 1. The van der Waals surface area contributed by atoms with E-state index in [1.807, 2.05) is 5.32 Å². The number of benzene rings is 1. The predicted octanol–water partition coefficient (Wildman–Crippen LogP) is 2.16. The number of carboxylic acid groups (broad SMARTS) is 1. The van der Waals surface area contributed by atoms with E-state index in [0.717, 1.165) is 6.08 Å². The summed E-state index contributed by atoms with van der Waals surface area (Å²) in [6, 6.07) is 3.89. The van der Waals surface area contributed by atoms with E-state index in [-0.39, 0.29) is 11.3 Å². The van der Waals surface area contributed by atoms with Gasteiger partial charge in [-0.15, -0.1) is 0 Å². The molecular formula is C9H7FN2O4. The van der Waals surface area contributed by atoms with Crippen molar-refractivity contribution in [3.8, 4) is 0 Å². The monoisotopic (exact) mass is 226 g/mol. The molecular weight excluding hydrogens is 219 g/mol. The minimum atomic E-state index is -1.41. The lowest BCUT2D eigenvalue weighted by Crippen LogP contribution is -2.09. The number of halogens is 1. The normalized spacial score (nSPS) is 10.3. The minimum Gasteiger partial charge on any atom is -0.465 e. The van der Waals surface area contributed by atoms with Crippen LogP contribution in [-0.4, -0.2) is 16.1 Å². The second-order valence-electron chi connectivity index (χ2n) is 2.74. The molecule has 1 rings (SSSR count). The van der Waals surface area contributed by atoms with E-state index < -0.39 is 16.8 Å². The van der Waals surface area contributed by atoms with E-state index >= 15 is 0 Å².